The van der Waals surface area contributed by atoms with Gasteiger partial charge in [0.2, 0.25) is 5.91 Å². The molecule has 23 heavy (non-hydrogen) atoms. The van der Waals surface area contributed by atoms with Crippen molar-refractivity contribution in [3.05, 3.63) is 29.8 Å². The van der Waals surface area contributed by atoms with Gasteiger partial charge >= 0.3 is 0 Å². The van der Waals surface area contributed by atoms with E-state index in [0.29, 0.717) is 6.04 Å². The minimum Gasteiger partial charge on any atom is -0.383 e. The predicted octanol–water partition coefficient (Wildman–Crippen LogP) is 3.33. The molecule has 1 amide bonds. The van der Waals surface area contributed by atoms with Gasteiger partial charge in [0.1, 0.15) is 0 Å². The minimum absolute atomic E-state index is 0.183. The number of hydrogen-bond donors (Lipinski definition) is 2. The fourth-order valence-corrected chi connectivity index (χ4v) is 3.48. The lowest BCUT2D eigenvalue weighted by atomic mass is 10.1. The van der Waals surface area contributed by atoms with Crippen molar-refractivity contribution in [2.24, 2.45) is 11.8 Å². The number of benzene rings is 1. The van der Waals surface area contributed by atoms with E-state index in [9.17, 15) is 4.79 Å². The molecule has 1 atom stereocenters. The fraction of sp³-hybridized carbons (Fsp3) is 0.632. The van der Waals surface area contributed by atoms with E-state index >= 15 is 0 Å². The van der Waals surface area contributed by atoms with E-state index in [-0.39, 0.29) is 11.8 Å². The Morgan fingerprint density at radius 3 is 2.74 bits per heavy atom. The highest BCUT2D eigenvalue weighted by Gasteiger charge is 2.30. The Morgan fingerprint density at radius 1 is 1.26 bits per heavy atom. The molecule has 0 spiro atoms. The lowest BCUT2D eigenvalue weighted by molar-refractivity contribution is -0.119. The molecular formula is C19H28N2O2. The van der Waals surface area contributed by atoms with Gasteiger partial charge in [-0.25, -0.2) is 0 Å². The molecular weight excluding hydrogens is 288 g/mol. The third-order valence-electron chi connectivity index (χ3n) is 5.03. The van der Waals surface area contributed by atoms with Gasteiger partial charge in [0, 0.05) is 31.3 Å². The number of carbonyl (C=O) groups is 1. The predicted molar refractivity (Wildman–Crippen MR) is 92.3 cm³/mol. The maximum Gasteiger partial charge on any atom is 0.227 e. The number of carbonyl (C=O) groups excluding carboxylic acids is 1. The summed E-state index contributed by atoms with van der Waals surface area (Å²) in [5.41, 5.74) is 2.12. The number of nitrogens with one attached hydrogen (secondary N) is 2. The molecule has 0 heterocycles. The minimum atomic E-state index is 0.183. The van der Waals surface area contributed by atoms with Gasteiger partial charge < -0.3 is 15.4 Å². The van der Waals surface area contributed by atoms with Crippen LogP contribution in [0.25, 0.3) is 0 Å². The second kappa shape index (κ2) is 7.93. The Hall–Kier alpha value is -1.39. The van der Waals surface area contributed by atoms with Gasteiger partial charge in [-0.1, -0.05) is 25.0 Å². The van der Waals surface area contributed by atoms with Crippen LogP contribution in [0.4, 0.5) is 5.69 Å². The summed E-state index contributed by atoms with van der Waals surface area (Å²) >= 11 is 0. The molecule has 4 nitrogen and oxygen atoms in total. The molecule has 1 aromatic carbocycles. The van der Waals surface area contributed by atoms with Crippen LogP contribution in [0.2, 0.25) is 0 Å². The molecule has 2 aliphatic rings. The Kier molecular flexibility index (Phi) is 5.68. The van der Waals surface area contributed by atoms with E-state index < -0.39 is 0 Å². The van der Waals surface area contributed by atoms with Crippen LogP contribution in [0.1, 0.15) is 44.1 Å². The molecule has 126 valence electrons. The maximum atomic E-state index is 12.2. The summed E-state index contributed by atoms with van der Waals surface area (Å²) in [5.74, 6) is 1.15. The highest BCUT2D eigenvalue weighted by Crippen LogP contribution is 2.33. The summed E-state index contributed by atoms with van der Waals surface area (Å²) in [7, 11) is 1.76. The maximum absolute atomic E-state index is 12.2. The molecule has 2 fully saturated rings. The summed E-state index contributed by atoms with van der Waals surface area (Å²) in [4.78, 5) is 12.2. The topological polar surface area (TPSA) is 50.4 Å². The Labute approximate surface area is 139 Å². The first-order valence-electron chi connectivity index (χ1n) is 8.88. The average molecular weight is 316 g/mol. The second-order valence-corrected chi connectivity index (χ2v) is 6.95. The normalized spacial score (nSPS) is 19.7. The van der Waals surface area contributed by atoms with Crippen LogP contribution in [0.3, 0.4) is 0 Å². The van der Waals surface area contributed by atoms with Gasteiger partial charge in [0.15, 0.2) is 0 Å². The van der Waals surface area contributed by atoms with E-state index in [1.165, 1.54) is 31.2 Å². The summed E-state index contributed by atoms with van der Waals surface area (Å²) in [5, 5.41) is 6.68. The zero-order valence-electron chi connectivity index (χ0n) is 14.0. The van der Waals surface area contributed by atoms with Crippen molar-refractivity contribution in [2.45, 2.75) is 51.1 Å². The zero-order valence-corrected chi connectivity index (χ0v) is 14.0. The fourth-order valence-electron chi connectivity index (χ4n) is 3.48. The molecule has 0 unspecified atom stereocenters. The third-order valence-corrected chi connectivity index (χ3v) is 5.03. The molecule has 2 saturated carbocycles. The van der Waals surface area contributed by atoms with Crippen molar-refractivity contribution >= 4 is 11.6 Å². The van der Waals surface area contributed by atoms with Crippen molar-refractivity contribution in [3.63, 3.8) is 0 Å². The zero-order chi connectivity index (χ0) is 16.1. The van der Waals surface area contributed by atoms with Gasteiger partial charge in [-0.05, 0) is 49.3 Å². The van der Waals surface area contributed by atoms with Crippen molar-refractivity contribution in [1.29, 1.82) is 0 Å². The van der Waals surface area contributed by atoms with Crippen LogP contribution >= 0.6 is 0 Å². The highest BCUT2D eigenvalue weighted by atomic mass is 16.5. The summed E-state index contributed by atoms with van der Waals surface area (Å²) in [6.45, 7) is 1.58. The van der Waals surface area contributed by atoms with Gasteiger partial charge in [0.25, 0.3) is 0 Å². The van der Waals surface area contributed by atoms with E-state index in [2.05, 4.69) is 22.8 Å². The van der Waals surface area contributed by atoms with Crippen LogP contribution in [-0.2, 0) is 16.1 Å². The Balaban J connectivity index is 1.53. The molecule has 0 bridgehead atoms. The monoisotopic (exact) mass is 316 g/mol. The van der Waals surface area contributed by atoms with Crippen LogP contribution in [0.15, 0.2) is 24.3 Å². The standard InChI is InChI=1S/C19H28N2O2/c1-23-13-18(15-9-10-15)20-12-14-5-4-8-17(11-14)21-19(22)16-6-2-3-7-16/h4-5,8,11,15-16,18,20H,2-3,6-7,9-10,12-13H2,1H3,(H,21,22)/t18-/m1/s1. The average Bonchev–Trinajstić information content (AvgIpc) is 3.25. The van der Waals surface area contributed by atoms with E-state index in [1.807, 2.05) is 12.1 Å². The lowest BCUT2D eigenvalue weighted by Gasteiger charge is -2.18. The molecule has 4 heteroatoms. The van der Waals surface area contributed by atoms with Gasteiger partial charge in [-0.15, -0.1) is 0 Å². The van der Waals surface area contributed by atoms with Crippen LogP contribution in [0.5, 0.6) is 0 Å². The molecule has 2 aliphatic carbocycles. The number of ether oxygens (including phenoxy) is 1. The summed E-state index contributed by atoms with van der Waals surface area (Å²) in [6.07, 6.45) is 7.05. The first-order chi connectivity index (χ1) is 11.3. The lowest BCUT2D eigenvalue weighted by Crippen LogP contribution is -2.34. The van der Waals surface area contributed by atoms with E-state index in [4.69, 9.17) is 4.74 Å². The quantitative estimate of drug-likeness (QED) is 0.773. The summed E-state index contributed by atoms with van der Waals surface area (Å²) in [6, 6.07) is 8.62. The molecule has 0 aliphatic heterocycles. The van der Waals surface area contributed by atoms with E-state index in [1.54, 1.807) is 7.11 Å². The van der Waals surface area contributed by atoms with Crippen LogP contribution in [0, 0.1) is 11.8 Å². The molecule has 0 saturated heterocycles. The Bertz CT molecular complexity index is 522. The van der Waals surface area contributed by atoms with Gasteiger partial charge in [-0.2, -0.15) is 0 Å². The second-order valence-electron chi connectivity index (χ2n) is 6.95. The third kappa shape index (κ3) is 4.79. The molecule has 3 rings (SSSR count). The number of amides is 1. The number of methoxy groups -OCH3 is 1. The SMILES string of the molecule is COC[C@@H](NCc1cccc(NC(=O)C2CCCC2)c1)C1CC1. The highest BCUT2D eigenvalue weighted by molar-refractivity contribution is 5.92. The molecule has 1 aromatic rings. The van der Waals surface area contributed by atoms with Gasteiger partial charge in [-0.3, -0.25) is 4.79 Å². The number of anilines is 1. The first-order valence-corrected chi connectivity index (χ1v) is 8.88. The molecule has 0 aromatic heterocycles. The number of rotatable bonds is 8. The van der Waals surface area contributed by atoms with Crippen molar-refractivity contribution in [2.75, 3.05) is 19.0 Å². The van der Waals surface area contributed by atoms with E-state index in [0.717, 1.165) is 37.6 Å². The Morgan fingerprint density at radius 2 is 2.04 bits per heavy atom. The molecule has 2 N–H and O–H groups in total. The van der Waals surface area contributed by atoms with Crippen molar-refractivity contribution in [3.8, 4) is 0 Å². The van der Waals surface area contributed by atoms with Gasteiger partial charge in [0.05, 0.1) is 6.61 Å². The van der Waals surface area contributed by atoms with Crippen molar-refractivity contribution < 1.29 is 9.53 Å². The number of hydrogen-bond acceptors (Lipinski definition) is 3. The van der Waals surface area contributed by atoms with Crippen LogP contribution < -0.4 is 10.6 Å². The molecule has 0 radical (unpaired) electrons. The van der Waals surface area contributed by atoms with Crippen LogP contribution in [-0.4, -0.2) is 25.7 Å². The van der Waals surface area contributed by atoms with Crippen molar-refractivity contribution in [1.82, 2.24) is 5.32 Å². The smallest absolute Gasteiger partial charge is 0.227 e. The first kappa shape index (κ1) is 16.5. The summed E-state index contributed by atoms with van der Waals surface area (Å²) < 4.78 is 5.31. The largest absolute Gasteiger partial charge is 0.383 e.